The fraction of sp³-hybridized carbons (Fsp3) is 0.765. The van der Waals surface area contributed by atoms with Gasteiger partial charge in [0.05, 0.1) is 24.5 Å². The number of hydrogen-bond donors (Lipinski definition) is 1. The third-order valence-electron chi connectivity index (χ3n) is 3.71. The Balaban J connectivity index is 1.92. The molecule has 0 aliphatic carbocycles. The zero-order chi connectivity index (χ0) is 15.5. The lowest BCUT2D eigenvalue weighted by molar-refractivity contribution is -0.130. The summed E-state index contributed by atoms with van der Waals surface area (Å²) in [6, 6.07) is 2.10. The first-order valence-corrected chi connectivity index (χ1v) is 8.02. The average molecular weight is 294 g/mol. The van der Waals surface area contributed by atoms with Gasteiger partial charge in [-0.3, -0.25) is 4.90 Å². The summed E-state index contributed by atoms with van der Waals surface area (Å²) in [5, 5.41) is 3.45. The van der Waals surface area contributed by atoms with E-state index in [0.29, 0.717) is 5.92 Å². The van der Waals surface area contributed by atoms with Crippen LogP contribution in [0.2, 0.25) is 0 Å². The number of rotatable bonds is 6. The van der Waals surface area contributed by atoms with Crippen LogP contribution in [0.3, 0.4) is 0 Å². The van der Waals surface area contributed by atoms with Crippen LogP contribution in [0.5, 0.6) is 0 Å². The lowest BCUT2D eigenvalue weighted by Gasteiger charge is -2.41. The molecule has 1 unspecified atom stereocenters. The maximum Gasteiger partial charge on any atom is 0.122 e. The molecule has 0 saturated carbocycles. The van der Waals surface area contributed by atoms with Gasteiger partial charge in [0.2, 0.25) is 0 Å². The van der Waals surface area contributed by atoms with E-state index in [2.05, 4.69) is 50.9 Å². The maximum absolute atomic E-state index is 5.97. The Morgan fingerprint density at radius 2 is 2.19 bits per heavy atom. The molecule has 2 heterocycles. The van der Waals surface area contributed by atoms with E-state index in [1.54, 1.807) is 6.26 Å². The smallest absolute Gasteiger partial charge is 0.122 e. The van der Waals surface area contributed by atoms with Crippen LogP contribution in [-0.2, 0) is 17.8 Å². The van der Waals surface area contributed by atoms with Gasteiger partial charge in [-0.05, 0) is 39.3 Å². The van der Waals surface area contributed by atoms with Gasteiger partial charge in [-0.15, -0.1) is 0 Å². The van der Waals surface area contributed by atoms with Crippen LogP contribution < -0.4 is 5.32 Å². The fourth-order valence-corrected chi connectivity index (χ4v) is 3.08. The SMILES string of the molecule is CC(C)CNCc1occc1CN1CC(C)OC(C)(C)C1. The van der Waals surface area contributed by atoms with Crippen molar-refractivity contribution in [3.8, 4) is 0 Å². The van der Waals surface area contributed by atoms with Gasteiger partial charge in [0.15, 0.2) is 0 Å². The van der Waals surface area contributed by atoms with Crippen LogP contribution in [-0.4, -0.2) is 36.2 Å². The van der Waals surface area contributed by atoms with E-state index in [-0.39, 0.29) is 11.7 Å². The molecule has 4 nitrogen and oxygen atoms in total. The zero-order valence-corrected chi connectivity index (χ0v) is 14.1. The highest BCUT2D eigenvalue weighted by molar-refractivity contribution is 5.17. The number of morpholine rings is 1. The van der Waals surface area contributed by atoms with Crippen molar-refractivity contribution < 1.29 is 9.15 Å². The highest BCUT2D eigenvalue weighted by Crippen LogP contribution is 2.23. The lowest BCUT2D eigenvalue weighted by atomic mass is 10.0. The molecule has 1 aromatic rings. The quantitative estimate of drug-likeness (QED) is 0.875. The third kappa shape index (κ3) is 5.13. The minimum absolute atomic E-state index is 0.0720. The molecule has 2 rings (SSSR count). The van der Waals surface area contributed by atoms with E-state index in [1.807, 2.05) is 0 Å². The second kappa shape index (κ2) is 6.95. The van der Waals surface area contributed by atoms with Crippen LogP contribution in [0.1, 0.15) is 45.9 Å². The Morgan fingerprint density at radius 1 is 1.43 bits per heavy atom. The van der Waals surface area contributed by atoms with Gasteiger partial charge in [-0.2, -0.15) is 0 Å². The molecule has 0 bridgehead atoms. The summed E-state index contributed by atoms with van der Waals surface area (Å²) in [4.78, 5) is 2.46. The van der Waals surface area contributed by atoms with E-state index in [0.717, 1.165) is 38.5 Å². The number of furan rings is 1. The molecular formula is C17H30N2O2. The zero-order valence-electron chi connectivity index (χ0n) is 14.1. The van der Waals surface area contributed by atoms with Crippen LogP contribution in [0, 0.1) is 5.92 Å². The van der Waals surface area contributed by atoms with Crippen molar-refractivity contribution >= 4 is 0 Å². The van der Waals surface area contributed by atoms with Gasteiger partial charge in [0.1, 0.15) is 5.76 Å². The average Bonchev–Trinajstić information content (AvgIpc) is 2.73. The molecule has 1 N–H and O–H groups in total. The van der Waals surface area contributed by atoms with Crippen LogP contribution in [0.4, 0.5) is 0 Å². The normalized spacial score (nSPS) is 22.9. The largest absolute Gasteiger partial charge is 0.468 e. The molecule has 1 saturated heterocycles. The van der Waals surface area contributed by atoms with Crippen molar-refractivity contribution in [1.29, 1.82) is 0 Å². The first-order valence-electron chi connectivity index (χ1n) is 8.02. The molecule has 0 amide bonds. The topological polar surface area (TPSA) is 37.6 Å². The van der Waals surface area contributed by atoms with Gasteiger partial charge in [-0.25, -0.2) is 0 Å². The summed E-state index contributed by atoms with van der Waals surface area (Å²) in [6.45, 7) is 15.6. The second-order valence-corrected chi connectivity index (χ2v) is 7.25. The molecule has 120 valence electrons. The van der Waals surface area contributed by atoms with Crippen LogP contribution >= 0.6 is 0 Å². The van der Waals surface area contributed by atoms with Crippen LogP contribution in [0.25, 0.3) is 0 Å². The first kappa shape index (κ1) is 16.5. The maximum atomic E-state index is 5.97. The third-order valence-corrected chi connectivity index (χ3v) is 3.71. The highest BCUT2D eigenvalue weighted by atomic mass is 16.5. The monoisotopic (exact) mass is 294 g/mol. The lowest BCUT2D eigenvalue weighted by Crippen LogP contribution is -2.51. The predicted octanol–water partition coefficient (Wildman–Crippen LogP) is 3.02. The summed E-state index contributed by atoms with van der Waals surface area (Å²) in [5.41, 5.74) is 1.22. The van der Waals surface area contributed by atoms with Gasteiger partial charge in [0, 0.05) is 25.2 Å². The Kier molecular flexibility index (Phi) is 5.47. The van der Waals surface area contributed by atoms with Crippen LogP contribution in [0.15, 0.2) is 16.7 Å². The molecule has 1 fully saturated rings. The molecule has 0 radical (unpaired) electrons. The van der Waals surface area contributed by atoms with Crippen molar-refractivity contribution in [3.63, 3.8) is 0 Å². The van der Waals surface area contributed by atoms with Gasteiger partial charge < -0.3 is 14.5 Å². The van der Waals surface area contributed by atoms with Crippen molar-refractivity contribution in [3.05, 3.63) is 23.7 Å². The summed E-state index contributed by atoms with van der Waals surface area (Å²) < 4.78 is 11.6. The molecule has 1 aliphatic heterocycles. The molecular weight excluding hydrogens is 264 g/mol. The molecule has 0 spiro atoms. The summed E-state index contributed by atoms with van der Waals surface area (Å²) in [7, 11) is 0. The Labute approximate surface area is 128 Å². The fourth-order valence-electron chi connectivity index (χ4n) is 3.08. The minimum atomic E-state index is -0.0720. The molecule has 4 heteroatoms. The van der Waals surface area contributed by atoms with Crippen molar-refractivity contribution in [2.24, 2.45) is 5.92 Å². The predicted molar refractivity (Wildman–Crippen MR) is 85.2 cm³/mol. The summed E-state index contributed by atoms with van der Waals surface area (Å²) >= 11 is 0. The summed E-state index contributed by atoms with van der Waals surface area (Å²) in [6.07, 6.45) is 2.08. The Bertz CT molecular complexity index is 440. The standard InChI is InChI=1S/C17H30N2O2/c1-13(2)8-18-9-16-15(6-7-20-16)11-19-10-14(3)21-17(4,5)12-19/h6-7,13-14,18H,8-12H2,1-5H3. The molecule has 1 aromatic heterocycles. The molecule has 0 aromatic carbocycles. The number of ether oxygens (including phenoxy) is 1. The number of hydrogen-bond acceptors (Lipinski definition) is 4. The molecule has 1 atom stereocenters. The Hall–Kier alpha value is -0.840. The van der Waals surface area contributed by atoms with Crippen molar-refractivity contribution in [2.75, 3.05) is 19.6 Å². The van der Waals surface area contributed by atoms with E-state index in [9.17, 15) is 0 Å². The second-order valence-electron chi connectivity index (χ2n) is 7.25. The summed E-state index contributed by atoms with van der Waals surface area (Å²) in [5.74, 6) is 1.72. The van der Waals surface area contributed by atoms with E-state index in [4.69, 9.17) is 9.15 Å². The van der Waals surface area contributed by atoms with Crippen molar-refractivity contribution in [2.45, 2.75) is 59.4 Å². The first-order chi connectivity index (χ1) is 9.85. The number of nitrogens with one attached hydrogen (secondary N) is 1. The molecule has 21 heavy (non-hydrogen) atoms. The Morgan fingerprint density at radius 3 is 2.86 bits per heavy atom. The highest BCUT2D eigenvalue weighted by Gasteiger charge is 2.31. The number of nitrogens with zero attached hydrogens (tertiary/aromatic N) is 1. The van der Waals surface area contributed by atoms with E-state index in [1.165, 1.54) is 5.56 Å². The van der Waals surface area contributed by atoms with Gasteiger partial charge >= 0.3 is 0 Å². The van der Waals surface area contributed by atoms with Crippen molar-refractivity contribution in [1.82, 2.24) is 10.2 Å². The minimum Gasteiger partial charge on any atom is -0.468 e. The van der Waals surface area contributed by atoms with Gasteiger partial charge in [-0.1, -0.05) is 13.8 Å². The molecule has 1 aliphatic rings. The van der Waals surface area contributed by atoms with E-state index < -0.39 is 0 Å². The van der Waals surface area contributed by atoms with E-state index >= 15 is 0 Å². The van der Waals surface area contributed by atoms with Gasteiger partial charge in [0.25, 0.3) is 0 Å².